The summed E-state index contributed by atoms with van der Waals surface area (Å²) in [6.07, 6.45) is -3.85. The zero-order valence-electron chi connectivity index (χ0n) is 27.8. The number of hydrogen-bond acceptors (Lipinski definition) is 8. The molecule has 2 aromatic carbocycles. The molecule has 2 aliphatic heterocycles. The van der Waals surface area contributed by atoms with Gasteiger partial charge in [0.2, 0.25) is 5.76 Å². The standard InChI is InChI=1S/C36H38F4N4O7/c1-22-5-2-8-27(37)26(22)19-43-29-21-50-35(12-15-42(16-13-35)18-25-10-11-30(51-25)36(38,39)40)32(29)33(48)44(34(43)49)20-28(41-14-4-9-31(46)47)23-6-3-7-24(45)17-23/h2-3,5-8,10-11,17,28,41,45H,4,9,12-16,18-21H2,1H3,(H,46,47). The van der Waals surface area contributed by atoms with Crippen molar-refractivity contribution in [3.8, 4) is 5.75 Å². The van der Waals surface area contributed by atoms with Gasteiger partial charge in [0.1, 0.15) is 22.9 Å². The summed E-state index contributed by atoms with van der Waals surface area (Å²) in [6.45, 7) is 2.33. The van der Waals surface area contributed by atoms with Gasteiger partial charge in [-0.2, -0.15) is 13.2 Å². The topological polar surface area (TPSA) is 139 Å². The van der Waals surface area contributed by atoms with Gasteiger partial charge in [-0.15, -0.1) is 0 Å². The average Bonchev–Trinajstić information content (AvgIpc) is 3.70. The van der Waals surface area contributed by atoms with Gasteiger partial charge in [0.25, 0.3) is 5.56 Å². The second-order valence-corrected chi connectivity index (χ2v) is 13.1. The van der Waals surface area contributed by atoms with Crippen LogP contribution in [0.15, 0.2) is 68.6 Å². The number of halogens is 4. The number of carboxylic acid groups (broad SMARTS) is 1. The number of phenolic OH excluding ortho intramolecular Hbond substituents is 1. The zero-order valence-corrected chi connectivity index (χ0v) is 27.8. The van der Waals surface area contributed by atoms with Crippen LogP contribution in [0, 0.1) is 12.7 Å². The molecule has 11 nitrogen and oxygen atoms in total. The van der Waals surface area contributed by atoms with Crippen molar-refractivity contribution in [2.75, 3.05) is 19.6 Å². The van der Waals surface area contributed by atoms with Crippen molar-refractivity contribution < 1.29 is 41.7 Å². The number of carbonyl (C=O) groups is 1. The van der Waals surface area contributed by atoms with Crippen molar-refractivity contribution in [2.45, 2.75) is 76.7 Å². The fourth-order valence-electron chi connectivity index (χ4n) is 7.01. The monoisotopic (exact) mass is 714 g/mol. The van der Waals surface area contributed by atoms with Crippen LogP contribution < -0.4 is 16.6 Å². The number of ether oxygens (including phenoxy) is 1. The minimum atomic E-state index is -4.60. The Kier molecular flexibility index (Phi) is 10.2. The molecule has 0 radical (unpaired) electrons. The van der Waals surface area contributed by atoms with Gasteiger partial charge in [-0.1, -0.05) is 24.3 Å². The van der Waals surface area contributed by atoms with E-state index >= 15 is 4.39 Å². The van der Waals surface area contributed by atoms with Crippen LogP contribution in [0.25, 0.3) is 0 Å². The van der Waals surface area contributed by atoms with Crippen LogP contribution in [-0.4, -0.2) is 49.9 Å². The molecule has 4 heterocycles. The van der Waals surface area contributed by atoms with Crippen LogP contribution in [0.2, 0.25) is 0 Å². The summed E-state index contributed by atoms with van der Waals surface area (Å²) in [7, 11) is 0. The molecule has 3 N–H and O–H groups in total. The van der Waals surface area contributed by atoms with Gasteiger partial charge >= 0.3 is 17.8 Å². The molecule has 1 unspecified atom stereocenters. The molecule has 1 atom stereocenters. The number of benzene rings is 2. The van der Waals surface area contributed by atoms with Gasteiger partial charge < -0.3 is 24.7 Å². The first-order valence-electron chi connectivity index (χ1n) is 16.6. The fourth-order valence-corrected chi connectivity index (χ4v) is 7.01. The summed E-state index contributed by atoms with van der Waals surface area (Å²) in [5, 5.41) is 22.6. The Labute approximate surface area is 289 Å². The highest BCUT2D eigenvalue weighted by Gasteiger charge is 2.47. The van der Waals surface area contributed by atoms with Gasteiger partial charge in [0.05, 0.1) is 43.5 Å². The molecule has 2 aromatic heterocycles. The molecule has 2 aliphatic rings. The predicted molar refractivity (Wildman–Crippen MR) is 176 cm³/mol. The van der Waals surface area contributed by atoms with Crippen LogP contribution in [-0.2, 0) is 47.5 Å². The normalized spacial score (nSPS) is 16.4. The Morgan fingerprint density at radius 3 is 2.45 bits per heavy atom. The van der Waals surface area contributed by atoms with Crippen molar-refractivity contribution in [1.82, 2.24) is 19.4 Å². The number of nitrogens with one attached hydrogen (secondary N) is 1. The fraction of sp³-hybridized carbons (Fsp3) is 0.417. The number of phenols is 1. The maximum absolute atomic E-state index is 15.2. The lowest BCUT2D eigenvalue weighted by Gasteiger charge is -2.38. The third-order valence-corrected chi connectivity index (χ3v) is 9.73. The smallest absolute Gasteiger partial charge is 0.449 e. The quantitative estimate of drug-likeness (QED) is 0.136. The lowest BCUT2D eigenvalue weighted by molar-refractivity contribution is -0.153. The Bertz CT molecular complexity index is 2010. The SMILES string of the molecule is Cc1cccc(F)c1Cn1c2c(c(=O)n(CC(NCCCC(=O)O)c3cccc(O)c3)c1=O)C1(CCN(Cc3ccc(C(F)(F)F)o3)CC1)OC2. The Balaban J connectivity index is 1.37. The van der Waals surface area contributed by atoms with E-state index in [1.807, 2.05) is 4.90 Å². The summed E-state index contributed by atoms with van der Waals surface area (Å²) in [5.41, 5.74) is -0.332. The number of aryl methyl sites for hydroxylation is 1. The maximum Gasteiger partial charge on any atom is 0.449 e. The van der Waals surface area contributed by atoms with E-state index in [1.54, 1.807) is 31.2 Å². The van der Waals surface area contributed by atoms with Crippen LogP contribution >= 0.6 is 0 Å². The third kappa shape index (κ3) is 7.65. The highest BCUT2D eigenvalue weighted by atomic mass is 19.4. The Morgan fingerprint density at radius 2 is 1.78 bits per heavy atom. The van der Waals surface area contributed by atoms with E-state index in [0.717, 1.165) is 10.6 Å². The minimum absolute atomic E-state index is 0.0399. The lowest BCUT2D eigenvalue weighted by atomic mass is 9.85. The number of aromatic hydroxyl groups is 1. The number of hydrogen-bond donors (Lipinski definition) is 3. The number of piperidine rings is 1. The van der Waals surface area contributed by atoms with E-state index in [2.05, 4.69) is 5.32 Å². The summed E-state index contributed by atoms with van der Waals surface area (Å²) < 4.78 is 68.3. The van der Waals surface area contributed by atoms with Gasteiger partial charge in [0.15, 0.2) is 0 Å². The molecule has 1 saturated heterocycles. The molecule has 6 rings (SSSR count). The molecule has 272 valence electrons. The molecule has 51 heavy (non-hydrogen) atoms. The van der Waals surface area contributed by atoms with Crippen LogP contribution in [0.3, 0.4) is 0 Å². The molecule has 0 amide bonds. The first kappa shape index (κ1) is 36.1. The summed E-state index contributed by atoms with van der Waals surface area (Å²) in [4.78, 5) is 41.9. The number of alkyl halides is 3. The number of likely N-dealkylation sites (tertiary alicyclic amines) is 1. The van der Waals surface area contributed by atoms with E-state index in [1.165, 1.54) is 28.8 Å². The lowest BCUT2D eigenvalue weighted by Crippen LogP contribution is -2.50. The van der Waals surface area contributed by atoms with Crippen molar-refractivity contribution in [1.29, 1.82) is 0 Å². The second kappa shape index (κ2) is 14.5. The van der Waals surface area contributed by atoms with Crippen molar-refractivity contribution >= 4 is 5.97 Å². The number of aliphatic carboxylic acids is 1. The van der Waals surface area contributed by atoms with Crippen LogP contribution in [0.1, 0.15) is 71.2 Å². The number of aromatic nitrogens is 2. The Morgan fingerprint density at radius 1 is 1.04 bits per heavy atom. The summed E-state index contributed by atoms with van der Waals surface area (Å²) >= 11 is 0. The molecule has 4 aromatic rings. The minimum Gasteiger partial charge on any atom is -0.508 e. The van der Waals surface area contributed by atoms with E-state index in [4.69, 9.17) is 14.3 Å². The third-order valence-electron chi connectivity index (χ3n) is 9.73. The predicted octanol–water partition coefficient (Wildman–Crippen LogP) is 5.04. The van der Waals surface area contributed by atoms with Gasteiger partial charge in [-0.05, 0) is 74.2 Å². The average molecular weight is 715 g/mol. The van der Waals surface area contributed by atoms with Gasteiger partial charge in [0, 0.05) is 25.1 Å². The van der Waals surface area contributed by atoms with Crippen molar-refractivity contribution in [2.24, 2.45) is 0 Å². The van der Waals surface area contributed by atoms with Crippen molar-refractivity contribution in [3.63, 3.8) is 0 Å². The number of fused-ring (bicyclic) bond motifs is 2. The molecule has 1 spiro atoms. The summed E-state index contributed by atoms with van der Waals surface area (Å²) in [5.74, 6) is -2.46. The number of rotatable bonds is 12. The zero-order chi connectivity index (χ0) is 36.5. The van der Waals surface area contributed by atoms with E-state index in [0.29, 0.717) is 42.8 Å². The number of carboxylic acids is 1. The number of nitrogens with zero attached hydrogens (tertiary/aromatic N) is 3. The highest BCUT2D eigenvalue weighted by molar-refractivity contribution is 5.66. The van der Waals surface area contributed by atoms with E-state index in [-0.39, 0.29) is 68.3 Å². The first-order valence-corrected chi connectivity index (χ1v) is 16.6. The van der Waals surface area contributed by atoms with Gasteiger partial charge in [-0.3, -0.25) is 23.6 Å². The molecule has 0 bridgehead atoms. The molecule has 0 saturated carbocycles. The maximum atomic E-state index is 15.2. The first-order chi connectivity index (χ1) is 24.3. The highest BCUT2D eigenvalue weighted by Crippen LogP contribution is 2.43. The van der Waals surface area contributed by atoms with Gasteiger partial charge in [-0.25, -0.2) is 9.18 Å². The Hall–Kier alpha value is -4.73. The largest absolute Gasteiger partial charge is 0.508 e. The molecular weight excluding hydrogens is 676 g/mol. The molecule has 0 aliphatic carbocycles. The molecular formula is C36H38F4N4O7. The number of furan rings is 1. The van der Waals surface area contributed by atoms with Crippen LogP contribution in [0.4, 0.5) is 17.6 Å². The van der Waals surface area contributed by atoms with Crippen LogP contribution in [0.5, 0.6) is 5.75 Å². The molecule has 15 heteroatoms. The molecule has 1 fully saturated rings. The second-order valence-electron chi connectivity index (χ2n) is 13.1. The van der Waals surface area contributed by atoms with E-state index in [9.17, 15) is 32.7 Å². The van der Waals surface area contributed by atoms with E-state index < -0.39 is 46.6 Å². The summed E-state index contributed by atoms with van der Waals surface area (Å²) in [6, 6.07) is 12.4. The van der Waals surface area contributed by atoms with Crippen molar-refractivity contribution in [3.05, 3.63) is 121 Å².